The van der Waals surface area contributed by atoms with E-state index in [2.05, 4.69) is 44.7 Å². The number of nitrogens with zero attached hydrogens (tertiary/aromatic N) is 1. The van der Waals surface area contributed by atoms with E-state index in [9.17, 15) is 0 Å². The lowest BCUT2D eigenvalue weighted by molar-refractivity contribution is 0.317. The standard InChI is InChI=1S/C17H30N2O/c1-5-8-9-19(14(4)7-3)16-11-15(18)12-17(13-16)20-10-6-2/h11-14H,5-10,18H2,1-4H3. The Hall–Kier alpha value is -1.38. The van der Waals surface area contributed by atoms with E-state index in [0.717, 1.165) is 37.4 Å². The Labute approximate surface area is 124 Å². The third-order valence-electron chi connectivity index (χ3n) is 3.59. The average molecular weight is 278 g/mol. The number of unbranched alkanes of at least 4 members (excludes halogenated alkanes) is 1. The molecule has 1 unspecified atom stereocenters. The number of hydrogen-bond donors (Lipinski definition) is 1. The van der Waals surface area contributed by atoms with Crippen LogP contribution in [0.4, 0.5) is 11.4 Å². The summed E-state index contributed by atoms with van der Waals surface area (Å²) in [7, 11) is 0. The van der Waals surface area contributed by atoms with Crippen molar-refractivity contribution in [3.8, 4) is 5.75 Å². The van der Waals surface area contributed by atoms with Crippen LogP contribution in [0.3, 0.4) is 0 Å². The lowest BCUT2D eigenvalue weighted by Gasteiger charge is -2.31. The maximum atomic E-state index is 6.03. The van der Waals surface area contributed by atoms with Gasteiger partial charge in [0.25, 0.3) is 0 Å². The number of hydrogen-bond acceptors (Lipinski definition) is 3. The molecule has 0 bridgehead atoms. The van der Waals surface area contributed by atoms with E-state index in [1.54, 1.807) is 0 Å². The van der Waals surface area contributed by atoms with Crippen molar-refractivity contribution in [2.45, 2.75) is 59.4 Å². The average Bonchev–Trinajstić information content (AvgIpc) is 2.44. The zero-order valence-corrected chi connectivity index (χ0v) is 13.5. The summed E-state index contributed by atoms with van der Waals surface area (Å²) in [4.78, 5) is 2.44. The monoisotopic (exact) mass is 278 g/mol. The number of benzene rings is 1. The summed E-state index contributed by atoms with van der Waals surface area (Å²) in [6.07, 6.45) is 4.54. The summed E-state index contributed by atoms with van der Waals surface area (Å²) in [5.41, 5.74) is 7.99. The van der Waals surface area contributed by atoms with E-state index in [1.165, 1.54) is 18.5 Å². The van der Waals surface area contributed by atoms with Gasteiger partial charge in [0.15, 0.2) is 0 Å². The summed E-state index contributed by atoms with van der Waals surface area (Å²) in [6.45, 7) is 10.6. The van der Waals surface area contributed by atoms with Gasteiger partial charge in [-0.25, -0.2) is 0 Å². The van der Waals surface area contributed by atoms with Gasteiger partial charge in [0.2, 0.25) is 0 Å². The lowest BCUT2D eigenvalue weighted by atomic mass is 10.1. The smallest absolute Gasteiger partial charge is 0.123 e. The van der Waals surface area contributed by atoms with Crippen molar-refractivity contribution in [2.24, 2.45) is 0 Å². The molecule has 3 heteroatoms. The zero-order chi connectivity index (χ0) is 15.0. The first-order valence-electron chi connectivity index (χ1n) is 7.92. The van der Waals surface area contributed by atoms with Crippen molar-refractivity contribution < 1.29 is 4.74 Å². The van der Waals surface area contributed by atoms with Crippen LogP contribution in [0.5, 0.6) is 5.75 Å². The van der Waals surface area contributed by atoms with Crippen molar-refractivity contribution in [1.29, 1.82) is 0 Å². The van der Waals surface area contributed by atoms with E-state index in [-0.39, 0.29) is 0 Å². The fourth-order valence-corrected chi connectivity index (χ4v) is 2.23. The minimum absolute atomic E-state index is 0.516. The van der Waals surface area contributed by atoms with Gasteiger partial charge in [-0.15, -0.1) is 0 Å². The quantitative estimate of drug-likeness (QED) is 0.678. The first kappa shape index (κ1) is 16.7. The van der Waals surface area contributed by atoms with Gasteiger partial charge in [0.05, 0.1) is 6.61 Å². The molecule has 0 heterocycles. The molecule has 0 spiro atoms. The topological polar surface area (TPSA) is 38.5 Å². The molecule has 1 aromatic carbocycles. The van der Waals surface area contributed by atoms with Crippen molar-refractivity contribution in [2.75, 3.05) is 23.8 Å². The SMILES string of the molecule is CCCCN(c1cc(N)cc(OCCC)c1)C(C)CC. The second kappa shape index (κ2) is 8.72. The van der Waals surface area contributed by atoms with E-state index in [0.29, 0.717) is 6.04 Å². The first-order valence-corrected chi connectivity index (χ1v) is 7.92. The minimum Gasteiger partial charge on any atom is -0.493 e. The predicted octanol–water partition coefficient (Wildman–Crippen LogP) is 4.46. The molecule has 2 N–H and O–H groups in total. The molecule has 0 saturated carbocycles. The van der Waals surface area contributed by atoms with Crippen LogP contribution in [0.1, 0.15) is 53.4 Å². The van der Waals surface area contributed by atoms with E-state index in [4.69, 9.17) is 10.5 Å². The van der Waals surface area contributed by atoms with E-state index >= 15 is 0 Å². The van der Waals surface area contributed by atoms with Crippen LogP contribution in [-0.4, -0.2) is 19.2 Å². The highest BCUT2D eigenvalue weighted by molar-refractivity contribution is 5.61. The molecular weight excluding hydrogens is 248 g/mol. The number of nitrogen functional groups attached to an aromatic ring is 1. The van der Waals surface area contributed by atoms with Crippen molar-refractivity contribution in [3.63, 3.8) is 0 Å². The highest BCUT2D eigenvalue weighted by Gasteiger charge is 2.14. The molecule has 0 radical (unpaired) electrons. The summed E-state index contributed by atoms with van der Waals surface area (Å²) >= 11 is 0. The molecular formula is C17H30N2O. The molecule has 0 saturated heterocycles. The van der Waals surface area contributed by atoms with Crippen molar-refractivity contribution in [3.05, 3.63) is 18.2 Å². The van der Waals surface area contributed by atoms with Crippen LogP contribution in [0, 0.1) is 0 Å². The molecule has 0 aromatic heterocycles. The fourth-order valence-electron chi connectivity index (χ4n) is 2.23. The Morgan fingerprint density at radius 2 is 1.90 bits per heavy atom. The molecule has 1 aromatic rings. The normalized spacial score (nSPS) is 12.2. The molecule has 1 atom stereocenters. The maximum Gasteiger partial charge on any atom is 0.123 e. The van der Waals surface area contributed by atoms with E-state index in [1.807, 2.05) is 6.07 Å². The molecule has 0 fully saturated rings. The van der Waals surface area contributed by atoms with Gasteiger partial charge >= 0.3 is 0 Å². The highest BCUT2D eigenvalue weighted by Crippen LogP contribution is 2.28. The molecule has 20 heavy (non-hydrogen) atoms. The van der Waals surface area contributed by atoms with Crippen LogP contribution in [0.25, 0.3) is 0 Å². The van der Waals surface area contributed by atoms with Crippen LogP contribution in [0.2, 0.25) is 0 Å². The molecule has 1 rings (SSSR count). The fraction of sp³-hybridized carbons (Fsp3) is 0.647. The Morgan fingerprint density at radius 3 is 2.50 bits per heavy atom. The van der Waals surface area contributed by atoms with Gasteiger partial charge in [-0.1, -0.05) is 27.2 Å². The number of anilines is 2. The largest absolute Gasteiger partial charge is 0.493 e. The number of rotatable bonds is 9. The van der Waals surface area contributed by atoms with E-state index < -0.39 is 0 Å². The van der Waals surface area contributed by atoms with Gasteiger partial charge in [0, 0.05) is 36.1 Å². The van der Waals surface area contributed by atoms with Gasteiger partial charge in [-0.2, -0.15) is 0 Å². The predicted molar refractivity (Wildman–Crippen MR) is 88.6 cm³/mol. The number of nitrogens with two attached hydrogens (primary N) is 1. The van der Waals surface area contributed by atoms with Crippen LogP contribution in [-0.2, 0) is 0 Å². The molecule has 0 aliphatic heterocycles. The van der Waals surface area contributed by atoms with Gasteiger partial charge in [-0.05, 0) is 32.3 Å². The number of ether oxygens (including phenoxy) is 1. The molecule has 0 amide bonds. The van der Waals surface area contributed by atoms with Crippen LogP contribution < -0.4 is 15.4 Å². The highest BCUT2D eigenvalue weighted by atomic mass is 16.5. The van der Waals surface area contributed by atoms with Crippen molar-refractivity contribution >= 4 is 11.4 Å². The van der Waals surface area contributed by atoms with Crippen molar-refractivity contribution in [1.82, 2.24) is 0 Å². The van der Waals surface area contributed by atoms with Gasteiger partial charge in [-0.3, -0.25) is 0 Å². The minimum atomic E-state index is 0.516. The summed E-state index contributed by atoms with van der Waals surface area (Å²) in [5, 5.41) is 0. The Bertz CT molecular complexity index is 393. The zero-order valence-electron chi connectivity index (χ0n) is 13.5. The summed E-state index contributed by atoms with van der Waals surface area (Å²) in [6, 6.07) is 6.60. The van der Waals surface area contributed by atoms with Crippen LogP contribution >= 0.6 is 0 Å². The lowest BCUT2D eigenvalue weighted by Crippen LogP contribution is -2.33. The molecule has 114 valence electrons. The summed E-state index contributed by atoms with van der Waals surface area (Å²) in [5.74, 6) is 0.881. The Kier molecular flexibility index (Phi) is 7.27. The summed E-state index contributed by atoms with van der Waals surface area (Å²) < 4.78 is 5.74. The Balaban J connectivity index is 2.95. The van der Waals surface area contributed by atoms with Gasteiger partial charge in [0.1, 0.15) is 5.75 Å². The molecule has 3 nitrogen and oxygen atoms in total. The van der Waals surface area contributed by atoms with Gasteiger partial charge < -0.3 is 15.4 Å². The second-order valence-electron chi connectivity index (χ2n) is 5.41. The molecule has 0 aliphatic carbocycles. The third kappa shape index (κ3) is 4.95. The Morgan fingerprint density at radius 1 is 1.15 bits per heavy atom. The maximum absolute atomic E-state index is 6.03. The third-order valence-corrected chi connectivity index (χ3v) is 3.59. The van der Waals surface area contributed by atoms with Crippen LogP contribution in [0.15, 0.2) is 18.2 Å². The first-order chi connectivity index (χ1) is 9.62. The molecule has 0 aliphatic rings. The second-order valence-corrected chi connectivity index (χ2v) is 5.41.